The van der Waals surface area contributed by atoms with Gasteiger partial charge in [0, 0.05) is 18.6 Å². The highest BCUT2D eigenvalue weighted by Gasteiger charge is 2.21. The molecule has 2 rings (SSSR count). The molecule has 5 heteroatoms. The lowest BCUT2D eigenvalue weighted by atomic mass is 9.94. The smallest absolute Gasteiger partial charge is 0.312 e. The maximum atomic E-state index is 10.9. The van der Waals surface area contributed by atoms with Crippen molar-refractivity contribution in [2.24, 2.45) is 5.73 Å². The zero-order valence-electron chi connectivity index (χ0n) is 12.5. The molecule has 0 aliphatic heterocycles. The van der Waals surface area contributed by atoms with Crippen LogP contribution in [0.4, 0.5) is 4.79 Å². The van der Waals surface area contributed by atoms with E-state index in [1.54, 1.807) is 0 Å². The fourth-order valence-corrected chi connectivity index (χ4v) is 3.48. The van der Waals surface area contributed by atoms with Gasteiger partial charge in [0.2, 0.25) is 0 Å². The summed E-state index contributed by atoms with van der Waals surface area (Å²) in [6, 6.07) is 0.727. The molecule has 0 aromatic rings. The summed E-state index contributed by atoms with van der Waals surface area (Å²) in [5, 5.41) is 10.1. The van der Waals surface area contributed by atoms with Gasteiger partial charge in [0.25, 0.3) is 0 Å². The molecule has 2 aliphatic carbocycles. The molecule has 20 heavy (non-hydrogen) atoms. The summed E-state index contributed by atoms with van der Waals surface area (Å²) in [5.41, 5.74) is 5.20. The van der Waals surface area contributed by atoms with Gasteiger partial charge in [-0.05, 0) is 25.7 Å². The van der Waals surface area contributed by atoms with Gasteiger partial charge in [0.15, 0.2) is 0 Å². The maximum Gasteiger partial charge on any atom is 0.312 e. The molecular formula is C15H30N4O. The van der Waals surface area contributed by atoms with E-state index < -0.39 is 6.03 Å². The van der Waals surface area contributed by atoms with Gasteiger partial charge in [-0.15, -0.1) is 0 Å². The first-order valence-corrected chi connectivity index (χ1v) is 8.29. The van der Waals surface area contributed by atoms with Crippen molar-refractivity contribution >= 4 is 6.03 Å². The summed E-state index contributed by atoms with van der Waals surface area (Å²) < 4.78 is 0. The minimum Gasteiger partial charge on any atom is -0.352 e. The number of carbonyl (C=O) groups is 1. The van der Waals surface area contributed by atoms with Crippen LogP contribution in [0.15, 0.2) is 0 Å². The Bertz CT molecular complexity index is 266. The summed E-state index contributed by atoms with van der Waals surface area (Å²) in [7, 11) is 0. The van der Waals surface area contributed by atoms with E-state index in [4.69, 9.17) is 5.73 Å². The maximum absolute atomic E-state index is 10.9. The van der Waals surface area contributed by atoms with Gasteiger partial charge in [-0.25, -0.2) is 4.79 Å². The number of nitrogens with one attached hydrogen (secondary N) is 3. The van der Waals surface area contributed by atoms with E-state index in [2.05, 4.69) is 16.0 Å². The molecule has 2 aliphatic rings. The topological polar surface area (TPSA) is 79.2 Å². The number of primary amides is 1. The minimum atomic E-state index is -0.439. The number of urea groups is 1. The van der Waals surface area contributed by atoms with Gasteiger partial charge in [-0.1, -0.05) is 38.5 Å². The predicted molar refractivity (Wildman–Crippen MR) is 81.4 cm³/mol. The van der Waals surface area contributed by atoms with Crippen LogP contribution in [0.25, 0.3) is 0 Å². The molecule has 0 radical (unpaired) electrons. The van der Waals surface area contributed by atoms with Crippen LogP contribution < -0.4 is 21.7 Å². The fourth-order valence-electron chi connectivity index (χ4n) is 3.48. The standard InChI is InChI=1S/C15H30N4O/c16-15(20)17-11-14(18-12-7-3-1-4-8-12)19-13-9-5-2-6-10-13/h12-14,18-19H,1-11H2,(H3,16,17,20). The number of rotatable bonds is 6. The Kier molecular flexibility index (Phi) is 6.60. The second-order valence-electron chi connectivity index (χ2n) is 6.30. The van der Waals surface area contributed by atoms with E-state index >= 15 is 0 Å². The molecule has 2 fully saturated rings. The first kappa shape index (κ1) is 15.6. The molecule has 0 unspecified atom stereocenters. The molecule has 0 heterocycles. The van der Waals surface area contributed by atoms with E-state index in [-0.39, 0.29) is 6.17 Å². The van der Waals surface area contributed by atoms with Gasteiger partial charge in [0.05, 0.1) is 6.17 Å². The quantitative estimate of drug-likeness (QED) is 0.561. The lowest BCUT2D eigenvalue weighted by Gasteiger charge is -2.33. The molecule has 116 valence electrons. The highest BCUT2D eigenvalue weighted by Crippen LogP contribution is 2.19. The zero-order valence-corrected chi connectivity index (χ0v) is 12.5. The van der Waals surface area contributed by atoms with Crippen molar-refractivity contribution in [2.45, 2.75) is 82.5 Å². The third-order valence-electron chi connectivity index (χ3n) is 4.56. The van der Waals surface area contributed by atoms with Gasteiger partial charge < -0.3 is 11.1 Å². The van der Waals surface area contributed by atoms with Gasteiger partial charge in [-0.2, -0.15) is 0 Å². The second-order valence-corrected chi connectivity index (χ2v) is 6.30. The van der Waals surface area contributed by atoms with Crippen LogP contribution in [0.2, 0.25) is 0 Å². The number of carbonyl (C=O) groups excluding carboxylic acids is 1. The molecule has 0 aromatic heterocycles. The number of hydrogen-bond acceptors (Lipinski definition) is 3. The van der Waals surface area contributed by atoms with Crippen LogP contribution in [0.3, 0.4) is 0 Å². The summed E-state index contributed by atoms with van der Waals surface area (Å²) >= 11 is 0. The molecule has 0 aromatic carbocycles. The molecule has 5 nitrogen and oxygen atoms in total. The van der Waals surface area contributed by atoms with Crippen LogP contribution in [0.1, 0.15) is 64.2 Å². The van der Waals surface area contributed by atoms with E-state index in [1.165, 1.54) is 64.2 Å². The van der Waals surface area contributed by atoms with Crippen LogP contribution in [0.5, 0.6) is 0 Å². The molecule has 0 bridgehead atoms. The highest BCUT2D eigenvalue weighted by molar-refractivity contribution is 5.71. The molecule has 0 spiro atoms. The SMILES string of the molecule is NC(=O)NCC(NC1CCCCC1)NC1CCCCC1. The van der Waals surface area contributed by atoms with Crippen LogP contribution in [-0.2, 0) is 0 Å². The Balaban J connectivity index is 1.79. The van der Waals surface area contributed by atoms with Gasteiger partial charge in [-0.3, -0.25) is 10.6 Å². The average Bonchev–Trinajstić information content (AvgIpc) is 2.47. The highest BCUT2D eigenvalue weighted by atomic mass is 16.2. The lowest BCUT2D eigenvalue weighted by molar-refractivity contribution is 0.236. The number of amides is 2. The summed E-state index contributed by atoms with van der Waals surface area (Å²) in [5.74, 6) is 0. The van der Waals surface area contributed by atoms with Crippen LogP contribution >= 0.6 is 0 Å². The molecule has 0 atom stereocenters. The summed E-state index contributed by atoms with van der Waals surface area (Å²) in [4.78, 5) is 10.9. The van der Waals surface area contributed by atoms with E-state index in [0.29, 0.717) is 18.6 Å². The Morgan fingerprint density at radius 3 is 1.75 bits per heavy atom. The number of nitrogens with two attached hydrogens (primary N) is 1. The fraction of sp³-hybridized carbons (Fsp3) is 0.933. The Morgan fingerprint density at radius 2 is 1.35 bits per heavy atom. The molecule has 5 N–H and O–H groups in total. The predicted octanol–water partition coefficient (Wildman–Crippen LogP) is 1.83. The largest absolute Gasteiger partial charge is 0.352 e. The monoisotopic (exact) mass is 282 g/mol. The third-order valence-corrected chi connectivity index (χ3v) is 4.56. The Morgan fingerprint density at radius 1 is 0.900 bits per heavy atom. The van der Waals surface area contributed by atoms with Crippen LogP contribution in [-0.4, -0.2) is 30.8 Å². The minimum absolute atomic E-state index is 0.147. The number of hydrogen-bond donors (Lipinski definition) is 4. The van der Waals surface area contributed by atoms with Crippen molar-refractivity contribution in [3.05, 3.63) is 0 Å². The molecular weight excluding hydrogens is 252 g/mol. The Hall–Kier alpha value is -0.810. The zero-order chi connectivity index (χ0) is 14.2. The van der Waals surface area contributed by atoms with Crippen molar-refractivity contribution in [3.8, 4) is 0 Å². The third kappa shape index (κ3) is 5.67. The Labute approximate surface area is 122 Å². The van der Waals surface area contributed by atoms with Gasteiger partial charge in [0.1, 0.15) is 0 Å². The van der Waals surface area contributed by atoms with E-state index in [9.17, 15) is 4.79 Å². The summed E-state index contributed by atoms with van der Waals surface area (Å²) in [6.07, 6.45) is 13.1. The van der Waals surface area contributed by atoms with E-state index in [1.807, 2.05) is 0 Å². The molecule has 0 saturated heterocycles. The first-order valence-electron chi connectivity index (χ1n) is 8.29. The lowest BCUT2D eigenvalue weighted by Crippen LogP contribution is -2.57. The second kappa shape index (κ2) is 8.47. The van der Waals surface area contributed by atoms with Gasteiger partial charge >= 0.3 is 6.03 Å². The molecule has 2 saturated carbocycles. The van der Waals surface area contributed by atoms with Crippen molar-refractivity contribution in [2.75, 3.05) is 6.54 Å². The first-order chi connectivity index (χ1) is 9.74. The van der Waals surface area contributed by atoms with Crippen molar-refractivity contribution in [1.82, 2.24) is 16.0 Å². The summed E-state index contributed by atoms with van der Waals surface area (Å²) in [6.45, 7) is 0.572. The average molecular weight is 282 g/mol. The van der Waals surface area contributed by atoms with Crippen molar-refractivity contribution in [3.63, 3.8) is 0 Å². The normalized spacial score (nSPS) is 22.1. The van der Waals surface area contributed by atoms with E-state index in [0.717, 1.165) is 0 Å². The van der Waals surface area contributed by atoms with Crippen molar-refractivity contribution in [1.29, 1.82) is 0 Å². The molecule has 2 amide bonds. The van der Waals surface area contributed by atoms with Crippen LogP contribution in [0, 0.1) is 0 Å². The van der Waals surface area contributed by atoms with Crippen molar-refractivity contribution < 1.29 is 4.79 Å².